The minimum absolute atomic E-state index is 0.00472. The van der Waals surface area contributed by atoms with Crippen molar-refractivity contribution in [3.63, 3.8) is 0 Å². The van der Waals surface area contributed by atoms with Crippen molar-refractivity contribution in [2.75, 3.05) is 6.54 Å². The topological polar surface area (TPSA) is 63.4 Å². The zero-order valence-electron chi connectivity index (χ0n) is 13.6. The van der Waals surface area contributed by atoms with Crippen LogP contribution in [-0.2, 0) is 0 Å². The first-order chi connectivity index (χ1) is 11.7. The fourth-order valence-corrected chi connectivity index (χ4v) is 3.37. The standard InChI is InChI=1S/C18H19N5O/c1-13-9-20-17-15(11-21-23(17)12-13)18(24)22-8-3-2-6-16(22)14-5-4-7-19-10-14/h4-5,7,9-12,16H,2-3,6,8H2,1H3/t16-/m1/s1. The van der Waals surface area contributed by atoms with E-state index in [2.05, 4.69) is 15.1 Å². The SMILES string of the molecule is Cc1cnc2c(C(=O)N3CCCC[C@@H]3c3cccnc3)cnn2c1. The van der Waals surface area contributed by atoms with E-state index in [9.17, 15) is 4.79 Å². The Balaban J connectivity index is 1.71. The van der Waals surface area contributed by atoms with E-state index in [1.54, 1.807) is 23.1 Å². The van der Waals surface area contributed by atoms with Crippen LogP contribution in [0.2, 0.25) is 0 Å². The van der Waals surface area contributed by atoms with Gasteiger partial charge in [0.25, 0.3) is 5.91 Å². The maximum Gasteiger partial charge on any atom is 0.259 e. The van der Waals surface area contributed by atoms with E-state index >= 15 is 0 Å². The minimum Gasteiger partial charge on any atom is -0.331 e. The van der Waals surface area contributed by atoms with Crippen LogP contribution >= 0.6 is 0 Å². The van der Waals surface area contributed by atoms with Crippen LogP contribution in [-0.4, -0.2) is 36.9 Å². The number of nitrogens with zero attached hydrogens (tertiary/aromatic N) is 5. The number of fused-ring (bicyclic) bond motifs is 1. The number of hydrogen-bond acceptors (Lipinski definition) is 4. The number of rotatable bonds is 2. The van der Waals surface area contributed by atoms with Gasteiger partial charge in [-0.05, 0) is 43.4 Å². The van der Waals surface area contributed by atoms with Gasteiger partial charge in [-0.15, -0.1) is 0 Å². The summed E-state index contributed by atoms with van der Waals surface area (Å²) in [5.41, 5.74) is 3.27. The molecule has 1 saturated heterocycles. The van der Waals surface area contributed by atoms with Crippen LogP contribution in [0, 0.1) is 6.92 Å². The van der Waals surface area contributed by atoms with Crippen molar-refractivity contribution in [1.82, 2.24) is 24.5 Å². The average molecular weight is 321 g/mol. The second-order valence-corrected chi connectivity index (χ2v) is 6.25. The second kappa shape index (κ2) is 6.03. The fraction of sp³-hybridized carbons (Fsp3) is 0.333. The Labute approximate surface area is 140 Å². The number of carbonyl (C=O) groups excluding carboxylic acids is 1. The number of aryl methyl sites for hydroxylation is 1. The molecule has 0 saturated carbocycles. The van der Waals surface area contributed by atoms with Gasteiger partial charge < -0.3 is 4.90 Å². The summed E-state index contributed by atoms with van der Waals surface area (Å²) in [5.74, 6) is -0.00472. The van der Waals surface area contributed by atoms with E-state index in [0.717, 1.165) is 36.9 Å². The van der Waals surface area contributed by atoms with Gasteiger partial charge in [0.2, 0.25) is 0 Å². The first kappa shape index (κ1) is 14.8. The normalized spacial score (nSPS) is 18.0. The molecular weight excluding hydrogens is 302 g/mol. The van der Waals surface area contributed by atoms with Gasteiger partial charge in [-0.25, -0.2) is 9.50 Å². The van der Waals surface area contributed by atoms with Crippen molar-refractivity contribution in [2.45, 2.75) is 32.2 Å². The Hall–Kier alpha value is -2.76. The summed E-state index contributed by atoms with van der Waals surface area (Å²) >= 11 is 0. The van der Waals surface area contributed by atoms with Gasteiger partial charge in [0.05, 0.1) is 12.2 Å². The Morgan fingerprint density at radius 1 is 1.25 bits per heavy atom. The molecule has 4 rings (SSSR count). The molecule has 0 N–H and O–H groups in total. The molecule has 122 valence electrons. The van der Waals surface area contributed by atoms with Gasteiger partial charge in [-0.3, -0.25) is 9.78 Å². The lowest BCUT2D eigenvalue weighted by molar-refractivity contribution is 0.0613. The molecule has 3 aromatic rings. The first-order valence-corrected chi connectivity index (χ1v) is 8.25. The fourth-order valence-electron chi connectivity index (χ4n) is 3.37. The molecule has 6 nitrogen and oxygen atoms in total. The predicted molar refractivity (Wildman–Crippen MR) is 89.6 cm³/mol. The maximum atomic E-state index is 13.2. The molecule has 1 amide bonds. The summed E-state index contributed by atoms with van der Waals surface area (Å²) in [6.45, 7) is 2.71. The maximum absolute atomic E-state index is 13.2. The summed E-state index contributed by atoms with van der Waals surface area (Å²) in [5, 5.41) is 4.29. The molecule has 0 aliphatic carbocycles. The van der Waals surface area contributed by atoms with E-state index < -0.39 is 0 Å². The highest BCUT2D eigenvalue weighted by molar-refractivity contribution is 5.99. The van der Waals surface area contributed by atoms with Crippen LogP contribution in [0.1, 0.15) is 46.8 Å². The third-order valence-electron chi connectivity index (χ3n) is 4.55. The van der Waals surface area contributed by atoms with Crippen molar-refractivity contribution in [3.8, 4) is 0 Å². The monoisotopic (exact) mass is 321 g/mol. The highest BCUT2D eigenvalue weighted by Crippen LogP contribution is 2.32. The van der Waals surface area contributed by atoms with E-state index in [4.69, 9.17) is 0 Å². The molecule has 0 unspecified atom stereocenters. The second-order valence-electron chi connectivity index (χ2n) is 6.25. The van der Waals surface area contributed by atoms with Gasteiger partial charge in [0, 0.05) is 31.3 Å². The molecule has 3 aromatic heterocycles. The number of amides is 1. The highest BCUT2D eigenvalue weighted by atomic mass is 16.2. The van der Waals surface area contributed by atoms with E-state index in [1.165, 1.54) is 0 Å². The van der Waals surface area contributed by atoms with Crippen LogP contribution in [0.4, 0.5) is 0 Å². The molecule has 0 bridgehead atoms. The van der Waals surface area contributed by atoms with Gasteiger partial charge in [-0.1, -0.05) is 6.07 Å². The average Bonchev–Trinajstić information content (AvgIpc) is 3.05. The van der Waals surface area contributed by atoms with E-state index in [-0.39, 0.29) is 11.9 Å². The number of carbonyl (C=O) groups is 1. The van der Waals surface area contributed by atoms with Crippen LogP contribution in [0.5, 0.6) is 0 Å². The molecule has 24 heavy (non-hydrogen) atoms. The summed E-state index contributed by atoms with van der Waals surface area (Å²) in [4.78, 5) is 23.7. The van der Waals surface area contributed by atoms with E-state index in [1.807, 2.05) is 36.4 Å². The smallest absolute Gasteiger partial charge is 0.259 e. The quantitative estimate of drug-likeness (QED) is 0.728. The van der Waals surface area contributed by atoms with Crippen molar-refractivity contribution >= 4 is 11.6 Å². The lowest BCUT2D eigenvalue weighted by Crippen LogP contribution is -2.38. The molecule has 1 atom stereocenters. The molecule has 1 aliphatic heterocycles. The number of likely N-dealkylation sites (tertiary alicyclic amines) is 1. The molecular formula is C18H19N5O. The summed E-state index contributed by atoms with van der Waals surface area (Å²) in [6, 6.07) is 4.04. The minimum atomic E-state index is -0.00472. The third kappa shape index (κ3) is 2.54. The number of hydrogen-bond donors (Lipinski definition) is 0. The third-order valence-corrected chi connectivity index (χ3v) is 4.55. The van der Waals surface area contributed by atoms with Gasteiger partial charge >= 0.3 is 0 Å². The van der Waals surface area contributed by atoms with Crippen LogP contribution < -0.4 is 0 Å². The molecule has 0 aromatic carbocycles. The van der Waals surface area contributed by atoms with Crippen molar-refractivity contribution < 1.29 is 4.79 Å². The number of piperidine rings is 1. The molecule has 0 radical (unpaired) electrons. The molecule has 4 heterocycles. The van der Waals surface area contributed by atoms with Crippen molar-refractivity contribution in [2.24, 2.45) is 0 Å². The van der Waals surface area contributed by atoms with Gasteiger partial charge in [0.15, 0.2) is 5.65 Å². The summed E-state index contributed by atoms with van der Waals surface area (Å²) < 4.78 is 1.67. The van der Waals surface area contributed by atoms with E-state index in [0.29, 0.717) is 11.2 Å². The Morgan fingerprint density at radius 3 is 3.00 bits per heavy atom. The predicted octanol–water partition coefficient (Wildman–Crippen LogP) is 2.80. The Kier molecular flexibility index (Phi) is 3.72. The van der Waals surface area contributed by atoms with Gasteiger partial charge in [0.1, 0.15) is 5.56 Å². The number of aromatic nitrogens is 4. The van der Waals surface area contributed by atoms with Gasteiger partial charge in [-0.2, -0.15) is 5.10 Å². The molecule has 1 fully saturated rings. The van der Waals surface area contributed by atoms with Crippen LogP contribution in [0.15, 0.2) is 43.1 Å². The lowest BCUT2D eigenvalue weighted by Gasteiger charge is -2.35. The van der Waals surface area contributed by atoms with Crippen LogP contribution in [0.3, 0.4) is 0 Å². The molecule has 1 aliphatic rings. The number of pyridine rings is 1. The van der Waals surface area contributed by atoms with Crippen LogP contribution in [0.25, 0.3) is 5.65 Å². The van der Waals surface area contributed by atoms with Crippen molar-refractivity contribution in [3.05, 3.63) is 59.8 Å². The lowest BCUT2D eigenvalue weighted by atomic mass is 9.96. The molecule has 0 spiro atoms. The first-order valence-electron chi connectivity index (χ1n) is 8.25. The summed E-state index contributed by atoms with van der Waals surface area (Å²) in [7, 11) is 0. The summed E-state index contributed by atoms with van der Waals surface area (Å²) in [6.07, 6.45) is 12.0. The molecule has 6 heteroatoms. The Morgan fingerprint density at radius 2 is 2.17 bits per heavy atom. The largest absolute Gasteiger partial charge is 0.331 e. The zero-order chi connectivity index (χ0) is 16.5. The highest BCUT2D eigenvalue weighted by Gasteiger charge is 2.30. The zero-order valence-corrected chi connectivity index (χ0v) is 13.6. The van der Waals surface area contributed by atoms with Crippen molar-refractivity contribution in [1.29, 1.82) is 0 Å². The Bertz CT molecular complexity index is 874.